The number of benzene rings is 1. The highest BCUT2D eigenvalue weighted by Gasteiger charge is 2.34. The van der Waals surface area contributed by atoms with Gasteiger partial charge in [-0.1, -0.05) is 29.3 Å². The quantitative estimate of drug-likeness (QED) is 0.780. The molecule has 0 heterocycles. The van der Waals surface area contributed by atoms with Gasteiger partial charge in [0, 0.05) is 12.6 Å². The van der Waals surface area contributed by atoms with Gasteiger partial charge in [0.25, 0.3) is 0 Å². The van der Waals surface area contributed by atoms with Crippen LogP contribution in [-0.2, 0) is 6.42 Å². The van der Waals surface area contributed by atoms with Crippen LogP contribution in [0.4, 0.5) is 4.79 Å². The van der Waals surface area contributed by atoms with Gasteiger partial charge in [0.15, 0.2) is 0 Å². The number of amides is 2. The maximum atomic E-state index is 11.8. The van der Waals surface area contributed by atoms with Gasteiger partial charge in [-0.25, -0.2) is 4.79 Å². The van der Waals surface area contributed by atoms with Gasteiger partial charge < -0.3 is 15.7 Å². The number of carbonyl (C=O) groups excluding carboxylic acids is 1. The van der Waals surface area contributed by atoms with Crippen LogP contribution in [0.2, 0.25) is 0 Å². The molecule has 1 atom stereocenters. The van der Waals surface area contributed by atoms with Crippen LogP contribution < -0.4 is 10.6 Å². The fourth-order valence-corrected chi connectivity index (χ4v) is 2.87. The summed E-state index contributed by atoms with van der Waals surface area (Å²) in [5, 5.41) is 15.6. The summed E-state index contributed by atoms with van der Waals surface area (Å²) >= 11 is 0. The third-order valence-electron chi connectivity index (χ3n) is 4.06. The van der Waals surface area contributed by atoms with Gasteiger partial charge in [-0.05, 0) is 52.0 Å². The number of aryl methyl sites for hydroxylation is 2. The summed E-state index contributed by atoms with van der Waals surface area (Å²) in [6.45, 7) is 6.51. The largest absolute Gasteiger partial charge is 0.388 e. The van der Waals surface area contributed by atoms with E-state index in [1.54, 1.807) is 0 Å². The van der Waals surface area contributed by atoms with Gasteiger partial charge in [-0.2, -0.15) is 0 Å². The molecule has 0 spiro atoms. The normalized spacial score (nSPS) is 17.7. The lowest BCUT2D eigenvalue weighted by atomic mass is 9.80. The summed E-state index contributed by atoms with van der Waals surface area (Å²) in [4.78, 5) is 11.8. The van der Waals surface area contributed by atoms with Crippen molar-refractivity contribution in [1.29, 1.82) is 0 Å². The van der Waals surface area contributed by atoms with Crippen LogP contribution in [0.1, 0.15) is 42.9 Å². The molecule has 116 valence electrons. The first-order valence-electron chi connectivity index (χ1n) is 7.70. The first-order valence-corrected chi connectivity index (χ1v) is 7.70. The van der Waals surface area contributed by atoms with Crippen molar-refractivity contribution in [1.82, 2.24) is 10.6 Å². The van der Waals surface area contributed by atoms with Crippen molar-refractivity contribution in [3.63, 3.8) is 0 Å². The second-order valence-electron chi connectivity index (χ2n) is 6.51. The van der Waals surface area contributed by atoms with E-state index in [1.807, 2.05) is 6.92 Å². The van der Waals surface area contributed by atoms with E-state index in [4.69, 9.17) is 0 Å². The molecule has 21 heavy (non-hydrogen) atoms. The van der Waals surface area contributed by atoms with Gasteiger partial charge >= 0.3 is 6.03 Å². The van der Waals surface area contributed by atoms with E-state index < -0.39 is 5.60 Å². The van der Waals surface area contributed by atoms with Crippen molar-refractivity contribution in [2.75, 3.05) is 6.54 Å². The average molecular weight is 290 g/mol. The van der Waals surface area contributed by atoms with Crippen LogP contribution in [0.25, 0.3) is 0 Å². The number of urea groups is 1. The minimum atomic E-state index is -0.672. The molecular weight excluding hydrogens is 264 g/mol. The van der Waals surface area contributed by atoms with E-state index in [9.17, 15) is 9.90 Å². The minimum absolute atomic E-state index is 0.0576. The predicted molar refractivity (Wildman–Crippen MR) is 84.4 cm³/mol. The molecule has 1 fully saturated rings. The molecule has 0 aromatic heterocycles. The second kappa shape index (κ2) is 6.48. The molecule has 2 rings (SSSR count). The number of aliphatic hydroxyl groups is 1. The maximum Gasteiger partial charge on any atom is 0.315 e. The Kier molecular flexibility index (Phi) is 4.88. The monoisotopic (exact) mass is 290 g/mol. The van der Waals surface area contributed by atoms with Gasteiger partial charge in [0.05, 0.1) is 5.60 Å². The first kappa shape index (κ1) is 15.8. The number of carbonyl (C=O) groups is 1. The van der Waals surface area contributed by atoms with E-state index in [0.29, 0.717) is 6.54 Å². The summed E-state index contributed by atoms with van der Waals surface area (Å²) in [5.74, 6) is 0. The van der Waals surface area contributed by atoms with Crippen LogP contribution in [0, 0.1) is 13.8 Å². The maximum absolute atomic E-state index is 11.8. The summed E-state index contributed by atoms with van der Waals surface area (Å²) in [7, 11) is 0. The van der Waals surface area contributed by atoms with Crippen LogP contribution in [-0.4, -0.2) is 29.3 Å². The molecule has 1 aromatic carbocycles. The van der Waals surface area contributed by atoms with Crippen LogP contribution in [0.3, 0.4) is 0 Å². The number of hydrogen-bond donors (Lipinski definition) is 3. The van der Waals surface area contributed by atoms with Gasteiger partial charge in [0.2, 0.25) is 0 Å². The fraction of sp³-hybridized carbons (Fsp3) is 0.588. The SMILES string of the molecule is Cc1cc(C)cc(CC(C)NC(=O)NCC2(O)CCC2)c1. The van der Waals surface area contributed by atoms with Gasteiger partial charge in [-0.3, -0.25) is 0 Å². The lowest BCUT2D eigenvalue weighted by Gasteiger charge is -2.36. The lowest BCUT2D eigenvalue weighted by molar-refractivity contribution is -0.0290. The number of nitrogens with one attached hydrogen (secondary N) is 2. The average Bonchev–Trinajstić information content (AvgIpc) is 2.32. The van der Waals surface area contributed by atoms with Gasteiger partial charge in [-0.15, -0.1) is 0 Å². The zero-order valence-corrected chi connectivity index (χ0v) is 13.2. The van der Waals surface area contributed by atoms with Gasteiger partial charge in [0.1, 0.15) is 0 Å². The standard InChI is InChI=1S/C17H26N2O2/c1-12-7-13(2)9-15(8-12)10-14(3)19-16(20)18-11-17(21)5-4-6-17/h7-9,14,21H,4-6,10-11H2,1-3H3,(H2,18,19,20). The van der Waals surface area contributed by atoms with Crippen molar-refractivity contribution in [3.05, 3.63) is 34.9 Å². The molecule has 0 saturated heterocycles. The molecule has 1 aromatic rings. The molecule has 4 heteroatoms. The van der Waals surface area contributed by atoms with Crippen molar-refractivity contribution < 1.29 is 9.90 Å². The molecule has 1 aliphatic carbocycles. The molecule has 0 aliphatic heterocycles. The molecule has 2 amide bonds. The summed E-state index contributed by atoms with van der Waals surface area (Å²) in [6.07, 6.45) is 3.42. The molecule has 3 N–H and O–H groups in total. The molecule has 1 unspecified atom stereocenters. The van der Waals surface area contributed by atoms with Crippen LogP contribution in [0.5, 0.6) is 0 Å². The first-order chi connectivity index (χ1) is 9.86. The van der Waals surface area contributed by atoms with E-state index in [-0.39, 0.29) is 12.1 Å². The third kappa shape index (κ3) is 4.74. The highest BCUT2D eigenvalue weighted by Crippen LogP contribution is 2.30. The smallest absolute Gasteiger partial charge is 0.315 e. The summed E-state index contributed by atoms with van der Waals surface area (Å²) < 4.78 is 0. The molecule has 1 saturated carbocycles. The van der Waals surface area contributed by atoms with Crippen molar-refractivity contribution in [3.8, 4) is 0 Å². The minimum Gasteiger partial charge on any atom is -0.388 e. The molecule has 0 radical (unpaired) electrons. The Balaban J connectivity index is 1.77. The van der Waals surface area contributed by atoms with Crippen molar-refractivity contribution in [2.24, 2.45) is 0 Å². The Hall–Kier alpha value is -1.55. The Morgan fingerprint density at radius 3 is 2.43 bits per heavy atom. The Morgan fingerprint density at radius 2 is 1.90 bits per heavy atom. The van der Waals surface area contributed by atoms with E-state index in [2.05, 4.69) is 42.7 Å². The number of rotatable bonds is 5. The Labute approximate surface area is 126 Å². The molecule has 1 aliphatic rings. The zero-order valence-electron chi connectivity index (χ0n) is 13.2. The highest BCUT2D eigenvalue weighted by atomic mass is 16.3. The molecular formula is C17H26N2O2. The van der Waals surface area contributed by atoms with Crippen molar-refractivity contribution in [2.45, 2.75) is 58.1 Å². The molecule has 0 bridgehead atoms. The molecule has 4 nitrogen and oxygen atoms in total. The summed E-state index contributed by atoms with van der Waals surface area (Å²) in [5.41, 5.74) is 3.05. The van der Waals surface area contributed by atoms with E-state index in [0.717, 1.165) is 25.7 Å². The lowest BCUT2D eigenvalue weighted by Crippen LogP contribution is -2.51. The van der Waals surface area contributed by atoms with E-state index in [1.165, 1.54) is 16.7 Å². The zero-order chi connectivity index (χ0) is 15.5. The summed E-state index contributed by atoms with van der Waals surface area (Å²) in [6, 6.07) is 6.31. The fourth-order valence-electron chi connectivity index (χ4n) is 2.87. The number of hydrogen-bond acceptors (Lipinski definition) is 2. The van der Waals surface area contributed by atoms with Crippen LogP contribution >= 0.6 is 0 Å². The van der Waals surface area contributed by atoms with Crippen LogP contribution in [0.15, 0.2) is 18.2 Å². The second-order valence-corrected chi connectivity index (χ2v) is 6.51. The van der Waals surface area contributed by atoms with Crippen molar-refractivity contribution >= 4 is 6.03 Å². The Morgan fingerprint density at radius 1 is 1.29 bits per heavy atom. The van der Waals surface area contributed by atoms with E-state index >= 15 is 0 Å². The highest BCUT2D eigenvalue weighted by molar-refractivity contribution is 5.74. The third-order valence-corrected chi connectivity index (χ3v) is 4.06. The topological polar surface area (TPSA) is 61.4 Å². The predicted octanol–water partition coefficient (Wildman–Crippen LogP) is 2.45. The Bertz CT molecular complexity index is 489.